The van der Waals surface area contributed by atoms with Crippen LogP contribution in [-0.4, -0.2) is 0 Å². The number of hydrogen-bond donors (Lipinski definition) is 0. The van der Waals surface area contributed by atoms with Crippen molar-refractivity contribution in [2.24, 2.45) is 0 Å². The third-order valence-electron chi connectivity index (χ3n) is 17.7. The third-order valence-corrected chi connectivity index (χ3v) is 17.7. The molecule has 11 aromatic rings. The van der Waals surface area contributed by atoms with Gasteiger partial charge >= 0.3 is 0 Å². The molecule has 9 aromatic carbocycles. The zero-order chi connectivity index (χ0) is 51.1. The number of benzene rings is 9. The van der Waals surface area contributed by atoms with Gasteiger partial charge in [-0.3, -0.25) is 0 Å². The Bertz CT molecular complexity index is 4090. The molecule has 0 radical (unpaired) electrons. The van der Waals surface area contributed by atoms with Crippen LogP contribution in [0.3, 0.4) is 0 Å². The summed E-state index contributed by atoms with van der Waals surface area (Å²) in [5.41, 5.74) is 20.3. The monoisotopic (exact) mass is 988 g/mol. The van der Waals surface area contributed by atoms with Crippen molar-refractivity contribution in [2.75, 3.05) is 9.80 Å². The van der Waals surface area contributed by atoms with E-state index in [9.17, 15) is 0 Å². The smallest absolute Gasteiger partial charge is 0.159 e. The summed E-state index contributed by atoms with van der Waals surface area (Å²) in [6, 6.07) is 65.0. The number of allylic oxidation sites excluding steroid dienone is 1. The molecule has 0 amide bonds. The molecule has 374 valence electrons. The lowest BCUT2D eigenvalue weighted by molar-refractivity contribution is 0.442. The Morgan fingerprint density at radius 1 is 0.474 bits per heavy atom. The summed E-state index contributed by atoms with van der Waals surface area (Å²) in [7, 11) is 0. The van der Waals surface area contributed by atoms with Crippen LogP contribution in [-0.2, 0) is 5.41 Å². The molecule has 14 rings (SSSR count). The highest BCUT2D eigenvalue weighted by molar-refractivity contribution is 6.12. The molecule has 0 atom stereocenters. The quantitative estimate of drug-likeness (QED) is 0.137. The van der Waals surface area contributed by atoms with Gasteiger partial charge in [-0.25, -0.2) is 0 Å². The van der Waals surface area contributed by atoms with Crippen LogP contribution < -0.4 is 9.80 Å². The molecule has 4 nitrogen and oxygen atoms in total. The van der Waals surface area contributed by atoms with Crippen molar-refractivity contribution in [1.82, 2.24) is 0 Å². The summed E-state index contributed by atoms with van der Waals surface area (Å²) >= 11 is 0. The molecule has 2 fully saturated rings. The average Bonchev–Trinajstić information content (AvgIpc) is 4.16. The fourth-order valence-corrected chi connectivity index (χ4v) is 13.9. The fraction of sp³-hybridized carbons (Fsp3) is 0.222. The Kier molecular flexibility index (Phi) is 11.4. The maximum Gasteiger partial charge on any atom is 0.159 e. The highest BCUT2D eigenvalue weighted by Crippen LogP contribution is 2.53. The predicted octanol–water partition coefficient (Wildman–Crippen LogP) is 21.4. The number of anilines is 5. The minimum atomic E-state index is -0.269. The number of para-hydroxylation sites is 6. The minimum Gasteiger partial charge on any atom is -0.454 e. The predicted molar refractivity (Wildman–Crippen MR) is 321 cm³/mol. The molecule has 3 aliphatic carbocycles. The number of rotatable bonds is 10. The van der Waals surface area contributed by atoms with Crippen LogP contribution >= 0.6 is 0 Å². The van der Waals surface area contributed by atoms with Gasteiger partial charge in [0.25, 0.3) is 0 Å². The van der Waals surface area contributed by atoms with Crippen molar-refractivity contribution in [3.63, 3.8) is 0 Å². The lowest BCUT2D eigenvalue weighted by Gasteiger charge is -2.27. The number of fused-ring (bicyclic) bond motifs is 10. The maximum atomic E-state index is 7.11. The highest BCUT2D eigenvalue weighted by Gasteiger charge is 2.37. The molecule has 2 saturated carbocycles. The molecule has 3 aliphatic rings. The molecule has 76 heavy (non-hydrogen) atoms. The zero-order valence-corrected chi connectivity index (χ0v) is 44.0. The molecule has 2 aromatic heterocycles. The van der Waals surface area contributed by atoms with Crippen molar-refractivity contribution in [3.05, 3.63) is 222 Å². The van der Waals surface area contributed by atoms with E-state index in [1.807, 2.05) is 6.08 Å². The van der Waals surface area contributed by atoms with Gasteiger partial charge in [-0.2, -0.15) is 0 Å². The standard InChI is InChI=1S/C72H64N2O2/c1-5-47-42-62-63-43-50-38-39-55(74(54-28-16-9-17-29-54)67-37-21-35-61-59-33-19-31-57(69(59)76-71(61)67)49-24-12-7-13-25-49)41-52(50)45-65(63)72(3,4)64(62)44-51(47)40-46(2)73(53-26-14-8-15-27-53)66-36-20-34-60-58-32-18-30-56(68(58)75-70(60)66)48-22-10-6-11-23-48/h5,8-9,14-21,26-45,48-49H,1,6-7,10-13,22-25H2,2-4H3/b46-40+. The van der Waals surface area contributed by atoms with E-state index in [0.29, 0.717) is 11.8 Å². The summed E-state index contributed by atoms with van der Waals surface area (Å²) in [4.78, 5) is 4.76. The summed E-state index contributed by atoms with van der Waals surface area (Å²) in [6.45, 7) is 11.4. The molecule has 2 heterocycles. The second-order valence-electron chi connectivity index (χ2n) is 22.5. The molecule has 0 N–H and O–H groups in total. The molecule has 4 heteroatoms. The van der Waals surface area contributed by atoms with Gasteiger partial charge in [-0.1, -0.05) is 168 Å². The van der Waals surface area contributed by atoms with Crippen LogP contribution in [0.1, 0.15) is 130 Å². The van der Waals surface area contributed by atoms with Gasteiger partial charge in [0.2, 0.25) is 0 Å². The first kappa shape index (κ1) is 46.5. The first-order chi connectivity index (χ1) is 37.3. The Hall–Kier alpha value is -8.08. The SMILES string of the molecule is C=Cc1cc2c(cc1/C=C(\C)N(c1ccccc1)c1cccc3c1oc1c(C4CCCCC4)cccc13)C(C)(C)c1cc3cc(N(c4ccccc4)c4cccc5c4oc4c(C6CCCCC6)cccc45)ccc3cc1-2. The Morgan fingerprint density at radius 2 is 1.00 bits per heavy atom. The Balaban J connectivity index is 0.856. The minimum absolute atomic E-state index is 0.269. The van der Waals surface area contributed by atoms with Crippen molar-refractivity contribution in [2.45, 2.75) is 102 Å². The van der Waals surface area contributed by atoms with E-state index in [2.05, 4.69) is 219 Å². The first-order valence-electron chi connectivity index (χ1n) is 28.0. The first-order valence-corrected chi connectivity index (χ1v) is 28.0. The van der Waals surface area contributed by atoms with E-state index in [-0.39, 0.29) is 5.41 Å². The molecule has 0 spiro atoms. The molecular formula is C72H64N2O2. The van der Waals surface area contributed by atoms with E-state index in [1.54, 1.807) is 0 Å². The number of furan rings is 2. The van der Waals surface area contributed by atoms with Crippen molar-refractivity contribution in [3.8, 4) is 11.1 Å². The Morgan fingerprint density at radius 3 is 1.61 bits per heavy atom. The molecule has 0 aliphatic heterocycles. The summed E-state index contributed by atoms with van der Waals surface area (Å²) in [6.07, 6.45) is 17.1. The summed E-state index contributed by atoms with van der Waals surface area (Å²) in [5.74, 6) is 1.08. The van der Waals surface area contributed by atoms with Crippen LogP contribution in [0.2, 0.25) is 0 Å². The van der Waals surface area contributed by atoms with Gasteiger partial charge in [0.05, 0.1) is 11.4 Å². The van der Waals surface area contributed by atoms with E-state index in [0.717, 1.165) is 78.4 Å². The van der Waals surface area contributed by atoms with Gasteiger partial charge < -0.3 is 18.6 Å². The highest BCUT2D eigenvalue weighted by atomic mass is 16.3. The number of nitrogens with zero attached hydrogens (tertiary/aromatic N) is 2. The lowest BCUT2D eigenvalue weighted by atomic mass is 9.81. The van der Waals surface area contributed by atoms with E-state index in [4.69, 9.17) is 8.83 Å². The van der Waals surface area contributed by atoms with Crippen LogP contribution in [0, 0.1) is 0 Å². The summed E-state index contributed by atoms with van der Waals surface area (Å²) in [5, 5.41) is 7.13. The molecule has 0 bridgehead atoms. The number of hydrogen-bond acceptors (Lipinski definition) is 4. The maximum absolute atomic E-state index is 7.11. The topological polar surface area (TPSA) is 32.8 Å². The fourth-order valence-electron chi connectivity index (χ4n) is 13.9. The van der Waals surface area contributed by atoms with Crippen molar-refractivity contribution in [1.29, 1.82) is 0 Å². The Labute approximate surface area is 446 Å². The third kappa shape index (κ3) is 7.62. The molecular weight excluding hydrogens is 925 g/mol. The van der Waals surface area contributed by atoms with Gasteiger partial charge in [0, 0.05) is 49.7 Å². The second-order valence-corrected chi connectivity index (χ2v) is 22.5. The van der Waals surface area contributed by atoms with Crippen LogP contribution in [0.25, 0.3) is 77.9 Å². The van der Waals surface area contributed by atoms with Gasteiger partial charge in [0.1, 0.15) is 11.2 Å². The van der Waals surface area contributed by atoms with E-state index < -0.39 is 0 Å². The van der Waals surface area contributed by atoms with E-state index in [1.165, 1.54) is 119 Å². The zero-order valence-electron chi connectivity index (χ0n) is 44.0. The van der Waals surface area contributed by atoms with Gasteiger partial charge in [0.15, 0.2) is 11.2 Å². The van der Waals surface area contributed by atoms with Gasteiger partial charge in [-0.05, 0) is 179 Å². The average molecular weight is 989 g/mol. The summed E-state index contributed by atoms with van der Waals surface area (Å²) < 4.78 is 14.2. The second kappa shape index (κ2) is 18.6. The van der Waals surface area contributed by atoms with Crippen LogP contribution in [0.4, 0.5) is 28.4 Å². The molecule has 0 saturated heterocycles. The van der Waals surface area contributed by atoms with Crippen LogP contribution in [0.5, 0.6) is 0 Å². The van der Waals surface area contributed by atoms with E-state index >= 15 is 0 Å². The van der Waals surface area contributed by atoms with Crippen molar-refractivity contribution >= 4 is 95.2 Å². The van der Waals surface area contributed by atoms with Crippen LogP contribution in [0.15, 0.2) is 197 Å². The largest absolute Gasteiger partial charge is 0.454 e. The van der Waals surface area contributed by atoms with Crippen molar-refractivity contribution < 1.29 is 8.83 Å². The lowest BCUT2D eigenvalue weighted by Crippen LogP contribution is -2.16. The molecule has 0 unspecified atom stereocenters. The van der Waals surface area contributed by atoms with Gasteiger partial charge in [-0.15, -0.1) is 0 Å². The normalized spacial score (nSPS) is 16.0.